The molecule has 2 rings (SSSR count). The monoisotopic (exact) mass is 239 g/mol. The summed E-state index contributed by atoms with van der Waals surface area (Å²) in [5.41, 5.74) is 7.16. The van der Waals surface area contributed by atoms with Crippen molar-refractivity contribution in [1.82, 2.24) is 0 Å². The molecule has 3 heteroatoms. The molecular weight excluding hydrogens is 222 g/mol. The van der Waals surface area contributed by atoms with Crippen LogP contribution in [-0.2, 0) is 10.3 Å². The summed E-state index contributed by atoms with van der Waals surface area (Å²) in [4.78, 5) is 0. The highest BCUT2D eigenvalue weighted by Crippen LogP contribution is 2.36. The zero-order chi connectivity index (χ0) is 11.6. The van der Waals surface area contributed by atoms with E-state index in [2.05, 4.69) is 6.92 Å². The third-order valence-corrected chi connectivity index (χ3v) is 3.85. The molecule has 88 valence electrons. The van der Waals surface area contributed by atoms with Crippen LogP contribution in [0.5, 0.6) is 0 Å². The smallest absolute Gasteiger partial charge is 0.0469 e. The summed E-state index contributed by atoms with van der Waals surface area (Å²) >= 11 is 6.22. The van der Waals surface area contributed by atoms with Crippen LogP contribution in [0.15, 0.2) is 24.3 Å². The quantitative estimate of drug-likeness (QED) is 0.861. The summed E-state index contributed by atoms with van der Waals surface area (Å²) in [5.74, 6) is 0.446. The molecule has 1 aliphatic heterocycles. The molecule has 0 amide bonds. The van der Waals surface area contributed by atoms with Crippen molar-refractivity contribution in [2.24, 2.45) is 11.7 Å². The Morgan fingerprint density at radius 2 is 1.94 bits per heavy atom. The summed E-state index contributed by atoms with van der Waals surface area (Å²) in [7, 11) is 0. The Kier molecular flexibility index (Phi) is 3.53. The van der Waals surface area contributed by atoms with E-state index in [4.69, 9.17) is 22.1 Å². The minimum atomic E-state index is -0.359. The summed E-state index contributed by atoms with van der Waals surface area (Å²) in [5, 5.41) is 0.763. The van der Waals surface area contributed by atoms with E-state index in [1.807, 2.05) is 24.3 Å². The van der Waals surface area contributed by atoms with Gasteiger partial charge in [0.15, 0.2) is 0 Å². The van der Waals surface area contributed by atoms with Gasteiger partial charge in [0.05, 0.1) is 0 Å². The summed E-state index contributed by atoms with van der Waals surface area (Å²) < 4.78 is 5.37. The average molecular weight is 240 g/mol. The Hall–Kier alpha value is -0.570. The summed E-state index contributed by atoms with van der Waals surface area (Å²) in [6.45, 7) is 3.69. The Balaban J connectivity index is 2.26. The fourth-order valence-corrected chi connectivity index (χ4v) is 2.75. The third-order valence-electron chi connectivity index (χ3n) is 3.52. The molecule has 0 saturated carbocycles. The molecule has 1 aromatic rings. The van der Waals surface area contributed by atoms with Crippen molar-refractivity contribution in [3.63, 3.8) is 0 Å². The Labute approximate surface area is 102 Å². The second kappa shape index (κ2) is 4.74. The van der Waals surface area contributed by atoms with Crippen LogP contribution in [0.25, 0.3) is 0 Å². The van der Waals surface area contributed by atoms with Gasteiger partial charge in [0.2, 0.25) is 0 Å². The molecule has 0 aromatic heterocycles. The highest BCUT2D eigenvalue weighted by Gasteiger charge is 2.34. The van der Waals surface area contributed by atoms with E-state index in [1.165, 1.54) is 0 Å². The van der Waals surface area contributed by atoms with Crippen molar-refractivity contribution in [1.29, 1.82) is 0 Å². The first-order valence-electron chi connectivity index (χ1n) is 5.74. The first-order chi connectivity index (χ1) is 7.62. The Morgan fingerprint density at radius 1 is 1.31 bits per heavy atom. The number of ether oxygens (including phenoxy) is 1. The van der Waals surface area contributed by atoms with Gasteiger partial charge in [-0.15, -0.1) is 0 Å². The molecule has 1 heterocycles. The lowest BCUT2D eigenvalue weighted by Crippen LogP contribution is -2.43. The van der Waals surface area contributed by atoms with E-state index in [1.54, 1.807) is 0 Å². The average Bonchev–Trinajstić information content (AvgIpc) is 2.30. The minimum absolute atomic E-state index is 0.359. The van der Waals surface area contributed by atoms with Crippen LogP contribution in [0.4, 0.5) is 0 Å². The van der Waals surface area contributed by atoms with Gasteiger partial charge in [-0.2, -0.15) is 0 Å². The van der Waals surface area contributed by atoms with Gasteiger partial charge in [0.25, 0.3) is 0 Å². The van der Waals surface area contributed by atoms with Crippen LogP contribution < -0.4 is 5.73 Å². The first kappa shape index (κ1) is 11.9. The van der Waals surface area contributed by atoms with E-state index in [9.17, 15) is 0 Å². The van der Waals surface area contributed by atoms with Crippen LogP contribution in [0.3, 0.4) is 0 Å². The van der Waals surface area contributed by atoms with Crippen molar-refractivity contribution in [3.05, 3.63) is 34.9 Å². The van der Waals surface area contributed by atoms with E-state index >= 15 is 0 Å². The highest BCUT2D eigenvalue weighted by atomic mass is 35.5. The standard InChI is InChI=1S/C13H18ClNO/c1-13(15,10-6-8-16-9-7-10)11-4-2-3-5-12(11)14/h2-5,10H,6-9,15H2,1H3. The minimum Gasteiger partial charge on any atom is -0.381 e. The Bertz CT molecular complexity index is 359. The lowest BCUT2D eigenvalue weighted by molar-refractivity contribution is 0.0412. The maximum Gasteiger partial charge on any atom is 0.0469 e. The maximum absolute atomic E-state index is 6.47. The van der Waals surface area contributed by atoms with Gasteiger partial charge in [-0.3, -0.25) is 0 Å². The van der Waals surface area contributed by atoms with Gasteiger partial charge in [-0.05, 0) is 37.3 Å². The van der Waals surface area contributed by atoms with Crippen molar-refractivity contribution >= 4 is 11.6 Å². The van der Waals surface area contributed by atoms with Crippen LogP contribution in [0.1, 0.15) is 25.3 Å². The van der Waals surface area contributed by atoms with Crippen molar-refractivity contribution < 1.29 is 4.74 Å². The van der Waals surface area contributed by atoms with E-state index < -0.39 is 0 Å². The van der Waals surface area contributed by atoms with Gasteiger partial charge < -0.3 is 10.5 Å². The predicted molar refractivity (Wildman–Crippen MR) is 66.5 cm³/mol. The van der Waals surface area contributed by atoms with Gasteiger partial charge in [-0.25, -0.2) is 0 Å². The maximum atomic E-state index is 6.47. The van der Waals surface area contributed by atoms with E-state index in [0.29, 0.717) is 5.92 Å². The van der Waals surface area contributed by atoms with Crippen molar-refractivity contribution in [2.75, 3.05) is 13.2 Å². The lowest BCUT2D eigenvalue weighted by atomic mass is 9.76. The first-order valence-corrected chi connectivity index (χ1v) is 6.12. The molecule has 2 N–H and O–H groups in total. The van der Waals surface area contributed by atoms with Crippen molar-refractivity contribution in [2.45, 2.75) is 25.3 Å². The molecule has 0 spiro atoms. The number of nitrogens with two attached hydrogens (primary N) is 1. The van der Waals surface area contributed by atoms with Gasteiger partial charge >= 0.3 is 0 Å². The lowest BCUT2D eigenvalue weighted by Gasteiger charge is -2.37. The predicted octanol–water partition coefficient (Wildman–Crippen LogP) is 2.94. The molecule has 1 unspecified atom stereocenters. The molecule has 0 radical (unpaired) electrons. The summed E-state index contributed by atoms with van der Waals surface area (Å²) in [6, 6.07) is 7.86. The third kappa shape index (κ3) is 2.24. The van der Waals surface area contributed by atoms with Crippen LogP contribution >= 0.6 is 11.6 Å². The largest absolute Gasteiger partial charge is 0.381 e. The molecule has 1 fully saturated rings. The molecule has 0 bridgehead atoms. The molecule has 2 nitrogen and oxygen atoms in total. The molecular formula is C13H18ClNO. The normalized spacial score (nSPS) is 21.7. The molecule has 1 saturated heterocycles. The number of halogens is 1. The molecule has 1 atom stereocenters. The van der Waals surface area contributed by atoms with Gasteiger partial charge in [-0.1, -0.05) is 29.8 Å². The van der Waals surface area contributed by atoms with E-state index in [0.717, 1.165) is 36.6 Å². The second-order valence-corrected chi connectivity index (χ2v) is 5.06. The molecule has 16 heavy (non-hydrogen) atoms. The van der Waals surface area contributed by atoms with Gasteiger partial charge in [0, 0.05) is 23.8 Å². The number of rotatable bonds is 2. The van der Waals surface area contributed by atoms with Crippen LogP contribution in [0.2, 0.25) is 5.02 Å². The molecule has 1 aromatic carbocycles. The zero-order valence-electron chi connectivity index (χ0n) is 9.58. The molecule has 1 aliphatic rings. The fraction of sp³-hybridized carbons (Fsp3) is 0.538. The van der Waals surface area contributed by atoms with Crippen LogP contribution in [0, 0.1) is 5.92 Å². The fourth-order valence-electron chi connectivity index (χ4n) is 2.42. The topological polar surface area (TPSA) is 35.2 Å². The van der Waals surface area contributed by atoms with Crippen LogP contribution in [-0.4, -0.2) is 13.2 Å². The SMILES string of the molecule is CC(N)(c1ccccc1Cl)C1CCOCC1. The highest BCUT2D eigenvalue weighted by molar-refractivity contribution is 6.31. The molecule has 0 aliphatic carbocycles. The van der Waals surface area contributed by atoms with Crippen molar-refractivity contribution in [3.8, 4) is 0 Å². The van der Waals surface area contributed by atoms with E-state index in [-0.39, 0.29) is 5.54 Å². The number of benzene rings is 1. The Morgan fingerprint density at radius 3 is 2.56 bits per heavy atom. The summed E-state index contributed by atoms with van der Waals surface area (Å²) in [6.07, 6.45) is 2.02. The number of hydrogen-bond donors (Lipinski definition) is 1. The second-order valence-electron chi connectivity index (χ2n) is 4.65. The number of hydrogen-bond acceptors (Lipinski definition) is 2. The van der Waals surface area contributed by atoms with Gasteiger partial charge in [0.1, 0.15) is 0 Å². The zero-order valence-corrected chi connectivity index (χ0v) is 10.3.